The first-order valence-corrected chi connectivity index (χ1v) is 12.6. The van der Waals surface area contributed by atoms with Gasteiger partial charge in [-0.15, -0.1) is 0 Å². The fourth-order valence-corrected chi connectivity index (χ4v) is 6.41. The molecule has 2 aromatic carbocycles. The summed E-state index contributed by atoms with van der Waals surface area (Å²) in [6.07, 6.45) is 3.13. The molecule has 1 aromatic heterocycles. The smallest absolute Gasteiger partial charge is 0.279 e. The lowest BCUT2D eigenvalue weighted by Crippen LogP contribution is -2.48. The maximum atomic E-state index is 13.8. The van der Waals surface area contributed by atoms with E-state index in [1.807, 2.05) is 24.3 Å². The normalized spacial score (nSPS) is 22.2. The van der Waals surface area contributed by atoms with Gasteiger partial charge in [-0.25, -0.2) is 17.8 Å². The number of fused-ring (bicyclic) bond motifs is 3. The molecule has 0 amide bonds. The molecule has 3 aromatic rings. The van der Waals surface area contributed by atoms with Crippen LogP contribution in [0.25, 0.3) is 10.2 Å². The van der Waals surface area contributed by atoms with Gasteiger partial charge in [0.2, 0.25) is 10.0 Å². The van der Waals surface area contributed by atoms with Crippen molar-refractivity contribution in [3.63, 3.8) is 0 Å². The Kier molecular flexibility index (Phi) is 5.01. The van der Waals surface area contributed by atoms with Crippen LogP contribution in [0.15, 0.2) is 42.5 Å². The van der Waals surface area contributed by atoms with Gasteiger partial charge in [-0.1, -0.05) is 29.5 Å². The molecule has 2 aliphatic rings. The summed E-state index contributed by atoms with van der Waals surface area (Å²) in [5, 5.41) is 0.423. The third-order valence-electron chi connectivity index (χ3n) is 5.89. The van der Waals surface area contributed by atoms with Crippen molar-refractivity contribution in [2.24, 2.45) is 0 Å². The van der Waals surface area contributed by atoms with Crippen molar-refractivity contribution in [3.8, 4) is 10.9 Å². The van der Waals surface area contributed by atoms with Gasteiger partial charge < -0.3 is 4.74 Å². The van der Waals surface area contributed by atoms with Gasteiger partial charge in [0.15, 0.2) is 0 Å². The first kappa shape index (κ1) is 19.9. The third kappa shape index (κ3) is 3.82. The number of nitrogens with zero attached hydrogens (tertiary/aromatic N) is 3. The molecule has 3 heterocycles. The summed E-state index contributed by atoms with van der Waals surface area (Å²) in [4.78, 5) is 6.72. The second-order valence-electron chi connectivity index (χ2n) is 7.93. The highest BCUT2D eigenvalue weighted by Crippen LogP contribution is 2.34. The van der Waals surface area contributed by atoms with E-state index < -0.39 is 10.0 Å². The summed E-state index contributed by atoms with van der Waals surface area (Å²) in [5.74, 6) is 0.382. The Morgan fingerprint density at radius 3 is 2.63 bits per heavy atom. The number of sulfonamides is 1. The molecular weight excluding hydrogens is 425 g/mol. The number of halogens is 1. The molecular formula is C21H22FN3O3S2. The predicted molar refractivity (Wildman–Crippen MR) is 115 cm³/mol. The van der Waals surface area contributed by atoms with Crippen molar-refractivity contribution < 1.29 is 17.5 Å². The summed E-state index contributed by atoms with van der Waals surface area (Å²) in [6.45, 7) is 2.34. The molecule has 2 atom stereocenters. The highest BCUT2D eigenvalue weighted by molar-refractivity contribution is 7.88. The standard InChI is InChI=1S/C21H22FN3O3S2/c1-30(26,27)25-13-15-11-16(25)12-24(15)10-9-14-5-7-17(8-6-14)28-21-23-19-4-2-3-18(22)20(19)29-21/h2-8,15-16H,9-13H2,1H3/t15-,16-/m0/s1. The van der Waals surface area contributed by atoms with E-state index in [9.17, 15) is 12.8 Å². The van der Waals surface area contributed by atoms with Crippen molar-refractivity contribution >= 4 is 31.6 Å². The van der Waals surface area contributed by atoms with E-state index in [0.717, 1.165) is 25.9 Å². The first-order chi connectivity index (χ1) is 14.4. The topological polar surface area (TPSA) is 62.7 Å². The molecule has 2 bridgehead atoms. The maximum Gasteiger partial charge on any atom is 0.279 e. The summed E-state index contributed by atoms with van der Waals surface area (Å²) >= 11 is 1.20. The lowest BCUT2D eigenvalue weighted by molar-refractivity contribution is 0.184. The van der Waals surface area contributed by atoms with Gasteiger partial charge in [-0.3, -0.25) is 4.90 Å². The number of hydrogen-bond acceptors (Lipinski definition) is 6. The lowest BCUT2D eigenvalue weighted by atomic mass is 10.1. The van der Waals surface area contributed by atoms with Crippen LogP contribution in [0.5, 0.6) is 10.9 Å². The van der Waals surface area contributed by atoms with E-state index in [2.05, 4.69) is 9.88 Å². The summed E-state index contributed by atoms with van der Waals surface area (Å²) < 4.78 is 45.4. The highest BCUT2D eigenvalue weighted by atomic mass is 32.2. The first-order valence-electron chi connectivity index (χ1n) is 9.89. The molecule has 9 heteroatoms. The number of rotatable bonds is 6. The Labute approximate surface area is 178 Å². The quantitative estimate of drug-likeness (QED) is 0.579. The van der Waals surface area contributed by atoms with Crippen molar-refractivity contribution in [2.75, 3.05) is 25.9 Å². The molecule has 6 nitrogen and oxygen atoms in total. The van der Waals surface area contributed by atoms with E-state index in [1.54, 1.807) is 16.4 Å². The average molecular weight is 448 g/mol. The third-order valence-corrected chi connectivity index (χ3v) is 8.15. The number of likely N-dealkylation sites (tertiary alicyclic amines) is 1. The monoisotopic (exact) mass is 447 g/mol. The van der Waals surface area contributed by atoms with Crippen LogP contribution in [0.1, 0.15) is 12.0 Å². The average Bonchev–Trinajstić information content (AvgIpc) is 3.41. The van der Waals surface area contributed by atoms with Crippen molar-refractivity contribution in [2.45, 2.75) is 24.9 Å². The number of piperazine rings is 1. The van der Waals surface area contributed by atoms with Crippen LogP contribution in [0, 0.1) is 5.82 Å². The van der Waals surface area contributed by atoms with Crippen molar-refractivity contribution in [1.29, 1.82) is 0 Å². The van der Waals surface area contributed by atoms with E-state index in [4.69, 9.17) is 4.74 Å². The molecule has 0 N–H and O–H groups in total. The Morgan fingerprint density at radius 1 is 1.17 bits per heavy atom. The maximum absolute atomic E-state index is 13.8. The molecule has 2 aliphatic heterocycles. The number of hydrogen-bond donors (Lipinski definition) is 0. The Morgan fingerprint density at radius 2 is 1.97 bits per heavy atom. The van der Waals surface area contributed by atoms with Gasteiger partial charge in [-0.2, -0.15) is 4.31 Å². The van der Waals surface area contributed by atoms with Crippen LogP contribution in [0.2, 0.25) is 0 Å². The van der Waals surface area contributed by atoms with Gasteiger partial charge in [0.1, 0.15) is 11.6 Å². The van der Waals surface area contributed by atoms with E-state index in [0.29, 0.717) is 33.7 Å². The van der Waals surface area contributed by atoms with E-state index >= 15 is 0 Å². The fraction of sp³-hybridized carbons (Fsp3) is 0.381. The Bertz CT molecular complexity index is 1180. The zero-order valence-corrected chi connectivity index (χ0v) is 18.1. The zero-order valence-electron chi connectivity index (χ0n) is 16.5. The second-order valence-corrected chi connectivity index (χ2v) is 10.8. The van der Waals surface area contributed by atoms with Gasteiger partial charge in [0.25, 0.3) is 5.19 Å². The fourth-order valence-electron chi connectivity index (χ4n) is 4.43. The van der Waals surface area contributed by atoms with Crippen LogP contribution >= 0.6 is 11.3 Å². The van der Waals surface area contributed by atoms with Gasteiger partial charge in [-0.05, 0) is 42.7 Å². The highest BCUT2D eigenvalue weighted by Gasteiger charge is 2.46. The predicted octanol–water partition coefficient (Wildman–Crippen LogP) is 3.49. The van der Waals surface area contributed by atoms with Crippen molar-refractivity contribution in [3.05, 3.63) is 53.8 Å². The molecule has 0 aliphatic carbocycles. The van der Waals surface area contributed by atoms with E-state index in [1.165, 1.54) is 29.2 Å². The summed E-state index contributed by atoms with van der Waals surface area (Å²) in [5.41, 5.74) is 1.79. The van der Waals surface area contributed by atoms with E-state index in [-0.39, 0.29) is 11.9 Å². The number of thiazole rings is 1. The Hall–Kier alpha value is -2.07. The van der Waals surface area contributed by atoms with Crippen LogP contribution in [0.4, 0.5) is 4.39 Å². The zero-order chi connectivity index (χ0) is 20.9. The molecule has 5 rings (SSSR count). The van der Waals surface area contributed by atoms with Crippen molar-refractivity contribution in [1.82, 2.24) is 14.2 Å². The van der Waals surface area contributed by atoms with Crippen LogP contribution in [0.3, 0.4) is 0 Å². The molecule has 0 saturated carbocycles. The van der Waals surface area contributed by atoms with Crippen LogP contribution < -0.4 is 4.74 Å². The lowest BCUT2D eigenvalue weighted by Gasteiger charge is -2.32. The minimum absolute atomic E-state index is 0.124. The number of ether oxygens (including phenoxy) is 1. The molecule has 0 radical (unpaired) electrons. The minimum atomic E-state index is -3.10. The largest absolute Gasteiger partial charge is 0.431 e. The molecule has 30 heavy (non-hydrogen) atoms. The van der Waals surface area contributed by atoms with Crippen LogP contribution in [-0.2, 0) is 16.4 Å². The number of benzene rings is 2. The Balaban J connectivity index is 1.18. The SMILES string of the molecule is CS(=O)(=O)N1C[C@@H]2C[C@H]1CN2CCc1ccc(Oc2nc3cccc(F)c3s2)cc1. The van der Waals surface area contributed by atoms with Gasteiger partial charge >= 0.3 is 0 Å². The number of aromatic nitrogens is 1. The minimum Gasteiger partial charge on any atom is -0.431 e. The molecule has 2 saturated heterocycles. The molecule has 158 valence electrons. The second kappa shape index (κ2) is 7.56. The molecule has 0 spiro atoms. The summed E-state index contributed by atoms with van der Waals surface area (Å²) in [6, 6.07) is 13.1. The molecule has 2 fully saturated rings. The van der Waals surface area contributed by atoms with Gasteiger partial charge in [0.05, 0.1) is 16.5 Å². The van der Waals surface area contributed by atoms with Crippen LogP contribution in [-0.4, -0.2) is 60.6 Å². The molecule has 0 unspecified atom stereocenters. The van der Waals surface area contributed by atoms with Gasteiger partial charge in [0, 0.05) is 31.7 Å². The summed E-state index contributed by atoms with van der Waals surface area (Å²) in [7, 11) is -3.10.